The molecule has 2 N–H and O–H groups in total. The summed E-state index contributed by atoms with van der Waals surface area (Å²) in [6.07, 6.45) is 1.28. The number of aryl methyl sites for hydroxylation is 1. The first-order valence-corrected chi connectivity index (χ1v) is 6.18. The maximum atomic E-state index is 11.3. The van der Waals surface area contributed by atoms with E-state index in [0.717, 1.165) is 5.56 Å². The molecule has 0 spiro atoms. The molecule has 15 heavy (non-hydrogen) atoms. The van der Waals surface area contributed by atoms with Gasteiger partial charge in [0.05, 0.1) is 4.90 Å². The van der Waals surface area contributed by atoms with Crippen LogP contribution in [0.25, 0.3) is 0 Å². The number of carbonyl (C=O) groups is 1. The van der Waals surface area contributed by atoms with Crippen molar-refractivity contribution < 1.29 is 13.2 Å². The van der Waals surface area contributed by atoms with E-state index in [2.05, 4.69) is 0 Å². The number of carbonyl (C=O) groups excluding carboxylic acids is 1. The summed E-state index contributed by atoms with van der Waals surface area (Å²) in [4.78, 5) is 11.4. The van der Waals surface area contributed by atoms with Gasteiger partial charge in [-0.2, -0.15) is 0 Å². The number of Topliss-reactive ketones (excluding diaryl/α,β-unsaturated/α-hetero) is 1. The Balaban J connectivity index is 2.64. The Labute approximate surface area is 88.1 Å². The number of fused-ring (bicyclic) bond motifs is 1. The van der Waals surface area contributed by atoms with Crippen LogP contribution in [-0.4, -0.2) is 14.2 Å². The van der Waals surface area contributed by atoms with Crippen LogP contribution in [0.1, 0.15) is 17.5 Å². The van der Waals surface area contributed by atoms with Gasteiger partial charge in [0, 0.05) is 12.8 Å². The van der Waals surface area contributed by atoms with Crippen molar-refractivity contribution in [1.29, 1.82) is 0 Å². The molecular weight excluding hydrogens is 214 g/mol. The molecule has 0 amide bonds. The van der Waals surface area contributed by atoms with Crippen LogP contribution >= 0.6 is 0 Å². The number of ketones is 1. The summed E-state index contributed by atoms with van der Waals surface area (Å²) in [5.41, 5.74) is 1.50. The minimum atomic E-state index is -3.72. The molecule has 5 heteroatoms. The molecule has 4 nitrogen and oxygen atoms in total. The van der Waals surface area contributed by atoms with Gasteiger partial charge in [0.2, 0.25) is 10.0 Å². The molecule has 1 aliphatic carbocycles. The van der Waals surface area contributed by atoms with Crippen LogP contribution in [0.2, 0.25) is 0 Å². The van der Waals surface area contributed by atoms with Gasteiger partial charge in [-0.1, -0.05) is 12.1 Å². The van der Waals surface area contributed by atoms with Gasteiger partial charge >= 0.3 is 0 Å². The Morgan fingerprint density at radius 1 is 1.20 bits per heavy atom. The summed E-state index contributed by atoms with van der Waals surface area (Å²) in [7, 11) is -3.72. The highest BCUT2D eigenvalue weighted by atomic mass is 32.2. The van der Waals surface area contributed by atoms with Crippen molar-refractivity contribution in [2.24, 2.45) is 5.14 Å². The predicted octanol–water partition coefficient (Wildman–Crippen LogP) is 0.392. The Hall–Kier alpha value is -1.20. The topological polar surface area (TPSA) is 77.2 Å². The summed E-state index contributed by atoms with van der Waals surface area (Å²) in [5.74, 6) is 0.0681. The summed E-state index contributed by atoms with van der Waals surface area (Å²) < 4.78 is 22.6. The number of hydrogen-bond acceptors (Lipinski definition) is 3. The molecule has 1 aliphatic rings. The number of benzene rings is 1. The van der Waals surface area contributed by atoms with E-state index in [4.69, 9.17) is 5.14 Å². The number of sulfonamides is 1. The molecule has 0 saturated heterocycles. The van der Waals surface area contributed by atoms with Gasteiger partial charge in [-0.15, -0.1) is 0 Å². The van der Waals surface area contributed by atoms with E-state index in [0.29, 0.717) is 18.4 Å². The van der Waals surface area contributed by atoms with E-state index in [1.807, 2.05) is 6.07 Å². The van der Waals surface area contributed by atoms with E-state index in [1.165, 1.54) is 6.07 Å². The Bertz CT molecular complexity index is 519. The molecular formula is C10H11NO3S. The van der Waals surface area contributed by atoms with Gasteiger partial charge < -0.3 is 0 Å². The molecule has 2 rings (SSSR count). The standard InChI is InChI=1S/C10H11NO3S/c11-15(13,14)10-3-1-2-7-4-5-8(12)6-9(7)10/h1-3H,4-6H2,(H2,11,13,14). The van der Waals surface area contributed by atoms with Crippen molar-refractivity contribution in [3.63, 3.8) is 0 Å². The van der Waals surface area contributed by atoms with E-state index in [1.54, 1.807) is 6.07 Å². The molecule has 0 bridgehead atoms. The Morgan fingerprint density at radius 2 is 1.93 bits per heavy atom. The normalized spacial score (nSPS) is 16.2. The fraction of sp³-hybridized carbons (Fsp3) is 0.300. The maximum Gasteiger partial charge on any atom is 0.238 e. The molecule has 80 valence electrons. The lowest BCUT2D eigenvalue weighted by molar-refractivity contribution is -0.118. The van der Waals surface area contributed by atoms with Crippen molar-refractivity contribution in [3.8, 4) is 0 Å². The smallest absolute Gasteiger partial charge is 0.238 e. The summed E-state index contributed by atoms with van der Waals surface area (Å²) in [6.45, 7) is 0. The largest absolute Gasteiger partial charge is 0.299 e. The average molecular weight is 225 g/mol. The molecule has 0 saturated carbocycles. The SMILES string of the molecule is NS(=O)(=O)c1cccc2c1CC(=O)CC2. The highest BCUT2D eigenvalue weighted by molar-refractivity contribution is 7.89. The van der Waals surface area contributed by atoms with Crippen molar-refractivity contribution in [2.75, 3.05) is 0 Å². The maximum absolute atomic E-state index is 11.3. The first-order chi connectivity index (χ1) is 6.98. The first kappa shape index (κ1) is 10.3. The van der Waals surface area contributed by atoms with Gasteiger partial charge in [0.1, 0.15) is 5.78 Å². The van der Waals surface area contributed by atoms with Crippen molar-refractivity contribution in [1.82, 2.24) is 0 Å². The van der Waals surface area contributed by atoms with Gasteiger partial charge in [0.15, 0.2) is 0 Å². The lowest BCUT2D eigenvalue weighted by Crippen LogP contribution is -2.20. The van der Waals surface area contributed by atoms with E-state index >= 15 is 0 Å². The van der Waals surface area contributed by atoms with Crippen molar-refractivity contribution >= 4 is 15.8 Å². The molecule has 0 unspecified atom stereocenters. The second-order valence-corrected chi connectivity index (χ2v) is 5.18. The summed E-state index contributed by atoms with van der Waals surface area (Å²) in [5, 5.41) is 5.09. The number of rotatable bonds is 1. The number of primary sulfonamides is 1. The second-order valence-electron chi connectivity index (χ2n) is 3.65. The molecule has 0 fully saturated rings. The minimum Gasteiger partial charge on any atom is -0.299 e. The van der Waals surface area contributed by atoms with Gasteiger partial charge in [-0.3, -0.25) is 4.79 Å². The van der Waals surface area contributed by atoms with Gasteiger partial charge in [-0.25, -0.2) is 13.6 Å². The molecule has 0 aliphatic heterocycles. The van der Waals surface area contributed by atoms with Crippen LogP contribution in [0.5, 0.6) is 0 Å². The zero-order valence-electron chi connectivity index (χ0n) is 8.06. The van der Waals surface area contributed by atoms with E-state index in [-0.39, 0.29) is 17.1 Å². The second kappa shape index (κ2) is 3.43. The zero-order valence-corrected chi connectivity index (χ0v) is 8.88. The Morgan fingerprint density at radius 3 is 2.60 bits per heavy atom. The van der Waals surface area contributed by atoms with Crippen molar-refractivity contribution in [2.45, 2.75) is 24.2 Å². The fourth-order valence-electron chi connectivity index (χ4n) is 1.87. The van der Waals surface area contributed by atoms with E-state index in [9.17, 15) is 13.2 Å². The fourth-order valence-corrected chi connectivity index (χ4v) is 2.69. The molecule has 1 aromatic carbocycles. The van der Waals surface area contributed by atoms with Crippen LogP contribution in [0, 0.1) is 0 Å². The van der Waals surface area contributed by atoms with E-state index < -0.39 is 10.0 Å². The third-order valence-corrected chi connectivity index (χ3v) is 3.58. The number of nitrogens with two attached hydrogens (primary N) is 1. The van der Waals surface area contributed by atoms with Gasteiger partial charge in [-0.05, 0) is 23.6 Å². The van der Waals surface area contributed by atoms with Crippen molar-refractivity contribution in [3.05, 3.63) is 29.3 Å². The summed E-state index contributed by atoms with van der Waals surface area (Å²) >= 11 is 0. The van der Waals surface area contributed by atoms with Crippen LogP contribution < -0.4 is 5.14 Å². The molecule has 0 radical (unpaired) electrons. The lowest BCUT2D eigenvalue weighted by Gasteiger charge is -2.17. The predicted molar refractivity (Wildman–Crippen MR) is 54.8 cm³/mol. The molecule has 0 atom stereocenters. The van der Waals surface area contributed by atoms with Crippen LogP contribution in [0.3, 0.4) is 0 Å². The third kappa shape index (κ3) is 1.93. The average Bonchev–Trinajstić information content (AvgIpc) is 2.15. The minimum absolute atomic E-state index is 0.0681. The third-order valence-electron chi connectivity index (χ3n) is 2.58. The lowest BCUT2D eigenvalue weighted by atomic mass is 9.91. The first-order valence-electron chi connectivity index (χ1n) is 4.64. The molecule has 0 heterocycles. The van der Waals surface area contributed by atoms with Crippen LogP contribution in [0.4, 0.5) is 0 Å². The zero-order chi connectivity index (χ0) is 11.1. The highest BCUT2D eigenvalue weighted by Crippen LogP contribution is 2.25. The van der Waals surface area contributed by atoms with Gasteiger partial charge in [0.25, 0.3) is 0 Å². The molecule has 1 aromatic rings. The number of hydrogen-bond donors (Lipinski definition) is 1. The molecule has 0 aromatic heterocycles. The Kier molecular flexibility index (Phi) is 2.36. The van der Waals surface area contributed by atoms with Crippen LogP contribution in [-0.2, 0) is 27.7 Å². The quantitative estimate of drug-likeness (QED) is 0.751. The van der Waals surface area contributed by atoms with Crippen LogP contribution in [0.15, 0.2) is 23.1 Å². The highest BCUT2D eigenvalue weighted by Gasteiger charge is 2.22. The summed E-state index contributed by atoms with van der Waals surface area (Å²) in [6, 6.07) is 4.96. The monoisotopic (exact) mass is 225 g/mol.